The number of hydrogen-bond donors (Lipinski definition) is 2. The fourth-order valence-electron chi connectivity index (χ4n) is 2.71. The highest BCUT2D eigenvalue weighted by Crippen LogP contribution is 2.32. The van der Waals surface area contributed by atoms with Crippen LogP contribution in [0.25, 0.3) is 11.2 Å². The van der Waals surface area contributed by atoms with Crippen molar-refractivity contribution in [3.05, 3.63) is 16.7 Å². The van der Waals surface area contributed by atoms with Gasteiger partial charge in [-0.3, -0.25) is 23.9 Å². The first-order chi connectivity index (χ1) is 11.8. The highest BCUT2D eigenvalue weighted by atomic mass is 16.6. The molecular formula is C14H17N5O6. The van der Waals surface area contributed by atoms with Gasteiger partial charge in [-0.1, -0.05) is 0 Å². The highest BCUT2D eigenvalue weighted by molar-refractivity contribution is 5.70. The molecule has 0 bridgehead atoms. The number of imidazole rings is 1. The molecule has 2 aromatic rings. The van der Waals surface area contributed by atoms with Gasteiger partial charge in [-0.15, -0.1) is 0 Å². The van der Waals surface area contributed by atoms with Crippen LogP contribution in [0, 0.1) is 0 Å². The summed E-state index contributed by atoms with van der Waals surface area (Å²) in [7, 11) is 0. The van der Waals surface area contributed by atoms with Crippen molar-refractivity contribution in [1.82, 2.24) is 19.5 Å². The van der Waals surface area contributed by atoms with Crippen molar-refractivity contribution in [2.24, 2.45) is 0 Å². The van der Waals surface area contributed by atoms with Crippen LogP contribution in [-0.4, -0.2) is 50.3 Å². The number of carbonyl (C=O) groups is 2. The molecule has 0 radical (unpaired) electrons. The minimum atomic E-state index is -0.644. The Morgan fingerprint density at radius 3 is 2.88 bits per heavy atom. The Kier molecular flexibility index (Phi) is 4.40. The summed E-state index contributed by atoms with van der Waals surface area (Å²) in [5.74, 6) is -0.996. The Morgan fingerprint density at radius 1 is 1.44 bits per heavy atom. The standard InChI is InChI=1S/C14H17N5O6/c1-6(20)23-4-9-8(24-7(2)21)3-10(25-9)19-5-16-11-12(19)17-14(15)18-13(11)22/h5,8-10H,3-4H2,1-2H3,(H3,15,17,18,22)/t8-,9+,10+/m0/s1/i15+1. The van der Waals surface area contributed by atoms with Crippen LogP contribution in [0.15, 0.2) is 11.1 Å². The lowest BCUT2D eigenvalue weighted by Crippen LogP contribution is -2.31. The fourth-order valence-corrected chi connectivity index (χ4v) is 2.71. The van der Waals surface area contributed by atoms with Crippen molar-refractivity contribution >= 4 is 29.1 Å². The van der Waals surface area contributed by atoms with Gasteiger partial charge in [0.25, 0.3) is 5.56 Å². The molecule has 0 saturated carbocycles. The second-order valence-electron chi connectivity index (χ2n) is 5.59. The van der Waals surface area contributed by atoms with Crippen molar-refractivity contribution in [2.45, 2.75) is 38.7 Å². The Hall–Kier alpha value is -2.95. The van der Waals surface area contributed by atoms with E-state index in [1.165, 1.54) is 24.7 Å². The van der Waals surface area contributed by atoms with Gasteiger partial charge in [-0.25, -0.2) is 4.98 Å². The molecule has 3 atom stereocenters. The predicted octanol–water partition coefficient (Wildman–Crippen LogP) is -0.516. The number of anilines is 1. The third-order valence-corrected chi connectivity index (χ3v) is 3.71. The number of nitrogen functional groups attached to an aromatic ring is 1. The lowest BCUT2D eigenvalue weighted by atomic mass is 10.2. The Balaban J connectivity index is 1.89. The zero-order valence-corrected chi connectivity index (χ0v) is 13.6. The molecule has 134 valence electrons. The smallest absolute Gasteiger partial charge is 0.303 e. The minimum absolute atomic E-state index is 0.0507. The van der Waals surface area contributed by atoms with E-state index in [0.29, 0.717) is 0 Å². The first-order valence-corrected chi connectivity index (χ1v) is 7.53. The molecule has 3 rings (SSSR count). The number of fused-ring (bicyclic) bond motifs is 1. The Labute approximate surface area is 141 Å². The van der Waals surface area contributed by atoms with Crippen LogP contribution in [0.2, 0.25) is 0 Å². The molecule has 2 aromatic heterocycles. The van der Waals surface area contributed by atoms with E-state index >= 15 is 0 Å². The number of nitrogens with two attached hydrogens (primary N) is 1. The van der Waals surface area contributed by atoms with Crippen LogP contribution >= 0.6 is 0 Å². The number of carbonyl (C=O) groups excluding carboxylic acids is 2. The van der Waals surface area contributed by atoms with Crippen LogP contribution in [0.3, 0.4) is 0 Å². The van der Waals surface area contributed by atoms with E-state index in [1.807, 2.05) is 0 Å². The number of H-pyrrole nitrogens is 1. The molecule has 3 N–H and O–H groups in total. The van der Waals surface area contributed by atoms with Gasteiger partial charge in [0.05, 0.1) is 6.33 Å². The number of aromatic nitrogens is 4. The monoisotopic (exact) mass is 352 g/mol. The van der Waals surface area contributed by atoms with E-state index in [-0.39, 0.29) is 30.1 Å². The normalized spacial score (nSPS) is 22.9. The van der Waals surface area contributed by atoms with Crippen LogP contribution < -0.4 is 11.3 Å². The molecular weight excluding hydrogens is 335 g/mol. The SMILES string of the molecule is CC(=O)OC[C@H]1O[C@@H](n2cnc3c(=O)[nH]c([15NH2])nc32)C[C@@H]1OC(C)=O. The van der Waals surface area contributed by atoms with E-state index < -0.39 is 35.9 Å². The summed E-state index contributed by atoms with van der Waals surface area (Å²) in [5.41, 5.74) is 5.48. The van der Waals surface area contributed by atoms with Gasteiger partial charge in [0.15, 0.2) is 11.2 Å². The van der Waals surface area contributed by atoms with Gasteiger partial charge in [0.1, 0.15) is 25.0 Å². The summed E-state index contributed by atoms with van der Waals surface area (Å²) in [6.45, 7) is 2.49. The van der Waals surface area contributed by atoms with Crippen LogP contribution in [-0.2, 0) is 23.8 Å². The van der Waals surface area contributed by atoms with E-state index in [4.69, 9.17) is 19.9 Å². The number of aromatic amines is 1. The molecule has 1 fully saturated rings. The number of rotatable bonds is 4. The maximum Gasteiger partial charge on any atom is 0.303 e. The average Bonchev–Trinajstić information content (AvgIpc) is 3.08. The molecule has 1 aliphatic heterocycles. The molecule has 1 aliphatic rings. The summed E-state index contributed by atoms with van der Waals surface area (Å²) in [6, 6.07) is 0. The van der Waals surface area contributed by atoms with Crippen molar-refractivity contribution in [1.29, 1.82) is 0 Å². The van der Waals surface area contributed by atoms with Gasteiger partial charge in [-0.05, 0) is 0 Å². The number of hydrogen-bond acceptors (Lipinski definition) is 9. The number of nitrogens with zero attached hydrogens (tertiary/aromatic N) is 3. The molecule has 0 amide bonds. The third kappa shape index (κ3) is 3.45. The number of ether oxygens (including phenoxy) is 3. The van der Waals surface area contributed by atoms with Crippen LogP contribution in [0.1, 0.15) is 26.5 Å². The molecule has 11 nitrogen and oxygen atoms in total. The largest absolute Gasteiger partial charge is 0.463 e. The van der Waals surface area contributed by atoms with Gasteiger partial charge in [0, 0.05) is 20.3 Å². The summed E-state index contributed by atoms with van der Waals surface area (Å²) in [4.78, 5) is 44.6. The van der Waals surface area contributed by atoms with Crippen molar-refractivity contribution < 1.29 is 23.8 Å². The van der Waals surface area contributed by atoms with Crippen LogP contribution in [0.5, 0.6) is 0 Å². The first-order valence-electron chi connectivity index (χ1n) is 7.53. The van der Waals surface area contributed by atoms with Crippen molar-refractivity contribution in [3.63, 3.8) is 0 Å². The topological polar surface area (TPSA) is 151 Å². The quantitative estimate of drug-likeness (QED) is 0.547. The summed E-state index contributed by atoms with van der Waals surface area (Å²) in [5, 5.41) is 0. The Morgan fingerprint density at radius 2 is 2.20 bits per heavy atom. The lowest BCUT2D eigenvalue weighted by Gasteiger charge is -2.17. The number of esters is 2. The molecule has 1 saturated heterocycles. The van der Waals surface area contributed by atoms with Gasteiger partial charge < -0.3 is 19.9 Å². The van der Waals surface area contributed by atoms with Gasteiger partial charge in [0.2, 0.25) is 5.95 Å². The molecule has 0 aromatic carbocycles. The minimum Gasteiger partial charge on any atom is -0.463 e. The zero-order chi connectivity index (χ0) is 18.1. The van der Waals surface area contributed by atoms with E-state index in [0.717, 1.165) is 0 Å². The maximum absolute atomic E-state index is 11.9. The summed E-state index contributed by atoms with van der Waals surface area (Å²) < 4.78 is 17.6. The fraction of sp³-hybridized carbons (Fsp3) is 0.500. The van der Waals surface area contributed by atoms with Gasteiger partial charge in [-0.2, -0.15) is 4.98 Å². The Bertz CT molecular complexity index is 874. The van der Waals surface area contributed by atoms with Gasteiger partial charge >= 0.3 is 11.9 Å². The van der Waals surface area contributed by atoms with Crippen molar-refractivity contribution in [2.75, 3.05) is 12.3 Å². The second kappa shape index (κ2) is 6.51. The average molecular weight is 352 g/mol. The molecule has 0 unspecified atom stereocenters. The summed E-state index contributed by atoms with van der Waals surface area (Å²) >= 11 is 0. The van der Waals surface area contributed by atoms with E-state index in [9.17, 15) is 14.4 Å². The van der Waals surface area contributed by atoms with Crippen molar-refractivity contribution in [3.8, 4) is 0 Å². The number of nitrogens with one attached hydrogen (secondary N) is 1. The summed E-state index contributed by atoms with van der Waals surface area (Å²) in [6.07, 6.45) is -0.182. The molecule has 0 aliphatic carbocycles. The van der Waals surface area contributed by atoms with E-state index in [1.54, 1.807) is 0 Å². The zero-order valence-electron chi connectivity index (χ0n) is 13.6. The second-order valence-corrected chi connectivity index (χ2v) is 5.59. The molecule has 25 heavy (non-hydrogen) atoms. The predicted molar refractivity (Wildman–Crippen MR) is 83.3 cm³/mol. The van der Waals surface area contributed by atoms with Crippen LogP contribution in [0.4, 0.5) is 5.95 Å². The van der Waals surface area contributed by atoms with E-state index in [2.05, 4.69) is 15.0 Å². The molecule has 3 heterocycles. The highest BCUT2D eigenvalue weighted by Gasteiger charge is 2.40. The molecule has 11 heteroatoms. The molecule has 0 spiro atoms. The third-order valence-electron chi connectivity index (χ3n) is 3.71. The lowest BCUT2D eigenvalue weighted by molar-refractivity contribution is -0.155. The first kappa shape index (κ1) is 16.9. The maximum atomic E-state index is 11.9.